The van der Waals surface area contributed by atoms with Crippen molar-refractivity contribution in [2.75, 3.05) is 20.3 Å². The highest BCUT2D eigenvalue weighted by atomic mass is 32.1. The fourth-order valence-electron chi connectivity index (χ4n) is 3.28. The fraction of sp³-hybridized carbons (Fsp3) is 0.250. The number of nitrogens with zero attached hydrogens (tertiary/aromatic N) is 3. The standard InChI is InChI=1S/C20H17N3O4S/c1-10-5-12(17-14(6-10)22-16(25-2)7-21-17)20-23-13-3-4-15-18(19(13)28-20)26-9-11(8-24)27-15/h3-7,11,24H,8-9H2,1-2H3/t11-/m0/s1. The highest BCUT2D eigenvalue weighted by Crippen LogP contribution is 2.44. The lowest BCUT2D eigenvalue weighted by Crippen LogP contribution is -2.32. The summed E-state index contributed by atoms with van der Waals surface area (Å²) < 4.78 is 17.8. The summed E-state index contributed by atoms with van der Waals surface area (Å²) in [4.78, 5) is 13.8. The maximum absolute atomic E-state index is 9.31. The Morgan fingerprint density at radius 3 is 2.96 bits per heavy atom. The summed E-state index contributed by atoms with van der Waals surface area (Å²) in [6.45, 7) is 2.25. The Kier molecular flexibility index (Phi) is 4.03. The van der Waals surface area contributed by atoms with Crippen LogP contribution in [-0.2, 0) is 0 Å². The molecular formula is C20H17N3O4S. The highest BCUT2D eigenvalue weighted by Gasteiger charge is 2.24. The van der Waals surface area contributed by atoms with Gasteiger partial charge in [0.15, 0.2) is 17.6 Å². The number of methoxy groups -OCH3 is 1. The van der Waals surface area contributed by atoms with Crippen LogP contribution < -0.4 is 14.2 Å². The molecule has 1 aliphatic heterocycles. The average molecular weight is 395 g/mol. The molecule has 2 aromatic heterocycles. The Morgan fingerprint density at radius 1 is 1.25 bits per heavy atom. The predicted octanol–water partition coefficient (Wildman–Crippen LogP) is 3.36. The molecular weight excluding hydrogens is 378 g/mol. The molecule has 28 heavy (non-hydrogen) atoms. The van der Waals surface area contributed by atoms with Crippen LogP contribution in [0.4, 0.5) is 0 Å². The molecule has 0 radical (unpaired) electrons. The largest absolute Gasteiger partial charge is 0.484 e. The van der Waals surface area contributed by atoms with Crippen molar-refractivity contribution in [1.29, 1.82) is 0 Å². The monoisotopic (exact) mass is 395 g/mol. The van der Waals surface area contributed by atoms with Crippen molar-refractivity contribution >= 4 is 32.6 Å². The lowest BCUT2D eigenvalue weighted by atomic mass is 10.1. The number of aromatic nitrogens is 3. The molecule has 8 heteroatoms. The average Bonchev–Trinajstić information content (AvgIpc) is 3.16. The lowest BCUT2D eigenvalue weighted by molar-refractivity contribution is 0.0469. The predicted molar refractivity (Wildman–Crippen MR) is 106 cm³/mol. The maximum Gasteiger partial charge on any atom is 0.232 e. The molecule has 1 atom stereocenters. The van der Waals surface area contributed by atoms with Gasteiger partial charge in [-0.1, -0.05) is 0 Å². The quantitative estimate of drug-likeness (QED) is 0.569. The topological polar surface area (TPSA) is 86.6 Å². The van der Waals surface area contributed by atoms with E-state index in [0.29, 0.717) is 24.0 Å². The number of fused-ring (bicyclic) bond motifs is 4. The molecule has 1 aliphatic rings. The summed E-state index contributed by atoms with van der Waals surface area (Å²) in [6, 6.07) is 7.79. The summed E-state index contributed by atoms with van der Waals surface area (Å²) in [7, 11) is 1.58. The molecule has 0 unspecified atom stereocenters. The van der Waals surface area contributed by atoms with Gasteiger partial charge in [0.1, 0.15) is 16.3 Å². The Balaban J connectivity index is 1.68. The van der Waals surface area contributed by atoms with Crippen LogP contribution in [0.5, 0.6) is 17.4 Å². The van der Waals surface area contributed by atoms with Crippen LogP contribution in [0.3, 0.4) is 0 Å². The van der Waals surface area contributed by atoms with E-state index in [1.807, 2.05) is 25.1 Å². The summed E-state index contributed by atoms with van der Waals surface area (Å²) in [5, 5.41) is 10.1. The number of aliphatic hydroxyl groups is 1. The van der Waals surface area contributed by atoms with E-state index in [-0.39, 0.29) is 12.7 Å². The van der Waals surface area contributed by atoms with E-state index in [0.717, 1.165) is 37.4 Å². The van der Waals surface area contributed by atoms with Gasteiger partial charge in [-0.25, -0.2) is 15.0 Å². The van der Waals surface area contributed by atoms with Crippen LogP contribution in [0, 0.1) is 6.92 Å². The van der Waals surface area contributed by atoms with Gasteiger partial charge < -0.3 is 19.3 Å². The second kappa shape index (κ2) is 6.57. The van der Waals surface area contributed by atoms with Gasteiger partial charge in [0.25, 0.3) is 0 Å². The first-order valence-electron chi connectivity index (χ1n) is 8.82. The SMILES string of the molecule is COc1cnc2c(-c3nc4ccc5c(c4s3)OC[C@H](CO)O5)cc(C)cc2n1. The van der Waals surface area contributed by atoms with E-state index < -0.39 is 0 Å². The van der Waals surface area contributed by atoms with E-state index in [1.165, 1.54) is 11.3 Å². The van der Waals surface area contributed by atoms with Crippen LogP contribution in [0.1, 0.15) is 5.56 Å². The number of ether oxygens (including phenoxy) is 3. The van der Waals surface area contributed by atoms with Gasteiger partial charge in [-0.2, -0.15) is 0 Å². The molecule has 0 saturated carbocycles. The molecule has 0 spiro atoms. The van der Waals surface area contributed by atoms with Crippen LogP contribution in [-0.4, -0.2) is 46.5 Å². The summed E-state index contributed by atoms with van der Waals surface area (Å²) in [5.41, 5.74) is 4.36. The van der Waals surface area contributed by atoms with Crippen molar-refractivity contribution in [1.82, 2.24) is 15.0 Å². The second-order valence-electron chi connectivity index (χ2n) is 6.59. The summed E-state index contributed by atoms with van der Waals surface area (Å²) >= 11 is 1.53. The molecule has 0 fully saturated rings. The van der Waals surface area contributed by atoms with Gasteiger partial charge in [0.2, 0.25) is 5.88 Å². The molecule has 0 saturated heterocycles. The van der Waals surface area contributed by atoms with E-state index >= 15 is 0 Å². The zero-order chi connectivity index (χ0) is 19.3. The van der Waals surface area contributed by atoms with Crippen molar-refractivity contribution in [3.05, 3.63) is 36.0 Å². The molecule has 142 valence electrons. The zero-order valence-corrected chi connectivity index (χ0v) is 16.1. The Labute approximate surface area is 164 Å². The van der Waals surface area contributed by atoms with Crippen molar-refractivity contribution in [2.45, 2.75) is 13.0 Å². The van der Waals surface area contributed by atoms with E-state index in [1.54, 1.807) is 13.3 Å². The van der Waals surface area contributed by atoms with E-state index in [2.05, 4.69) is 16.0 Å². The number of thiazole rings is 1. The van der Waals surface area contributed by atoms with E-state index in [4.69, 9.17) is 19.2 Å². The van der Waals surface area contributed by atoms with Crippen molar-refractivity contribution < 1.29 is 19.3 Å². The number of benzene rings is 2. The Morgan fingerprint density at radius 2 is 2.14 bits per heavy atom. The molecule has 5 rings (SSSR count). The number of aliphatic hydroxyl groups excluding tert-OH is 1. The first-order chi connectivity index (χ1) is 13.7. The molecule has 4 aromatic rings. The summed E-state index contributed by atoms with van der Waals surface area (Å²) in [6.07, 6.45) is 1.27. The third-order valence-electron chi connectivity index (χ3n) is 4.60. The first kappa shape index (κ1) is 17.2. The van der Waals surface area contributed by atoms with Gasteiger partial charge in [0.05, 0.1) is 36.5 Å². The fourth-order valence-corrected chi connectivity index (χ4v) is 4.36. The molecule has 1 N–H and O–H groups in total. The molecule has 3 heterocycles. The maximum atomic E-state index is 9.31. The molecule has 0 bridgehead atoms. The zero-order valence-electron chi connectivity index (χ0n) is 15.3. The number of rotatable bonds is 3. The van der Waals surface area contributed by atoms with Gasteiger partial charge in [-0.05, 0) is 36.8 Å². The normalized spacial score (nSPS) is 15.9. The molecule has 0 aliphatic carbocycles. The number of hydrogen-bond donors (Lipinski definition) is 1. The smallest absolute Gasteiger partial charge is 0.232 e. The number of hydrogen-bond acceptors (Lipinski definition) is 8. The minimum Gasteiger partial charge on any atom is -0.484 e. The third-order valence-corrected chi connectivity index (χ3v) is 5.70. The van der Waals surface area contributed by atoms with E-state index in [9.17, 15) is 5.11 Å². The second-order valence-corrected chi connectivity index (χ2v) is 7.59. The Hall–Kier alpha value is -2.97. The van der Waals surface area contributed by atoms with Gasteiger partial charge in [-0.15, -0.1) is 11.3 Å². The highest BCUT2D eigenvalue weighted by molar-refractivity contribution is 7.22. The lowest BCUT2D eigenvalue weighted by Gasteiger charge is -2.25. The molecule has 0 amide bonds. The van der Waals surface area contributed by atoms with Gasteiger partial charge >= 0.3 is 0 Å². The van der Waals surface area contributed by atoms with Crippen molar-refractivity contribution in [3.8, 4) is 28.0 Å². The minimum absolute atomic E-state index is 0.0805. The third kappa shape index (κ3) is 2.73. The molecule has 7 nitrogen and oxygen atoms in total. The number of aryl methyl sites for hydroxylation is 1. The van der Waals surface area contributed by atoms with Crippen LogP contribution in [0.2, 0.25) is 0 Å². The van der Waals surface area contributed by atoms with Crippen molar-refractivity contribution in [3.63, 3.8) is 0 Å². The van der Waals surface area contributed by atoms with Crippen LogP contribution in [0.15, 0.2) is 30.5 Å². The minimum atomic E-state index is -0.344. The van der Waals surface area contributed by atoms with Gasteiger partial charge in [0, 0.05) is 5.56 Å². The van der Waals surface area contributed by atoms with Crippen molar-refractivity contribution in [2.24, 2.45) is 0 Å². The van der Waals surface area contributed by atoms with Crippen LogP contribution >= 0.6 is 11.3 Å². The molecule has 2 aromatic carbocycles. The summed E-state index contributed by atoms with van der Waals surface area (Å²) in [5.74, 6) is 1.79. The first-order valence-corrected chi connectivity index (χ1v) is 9.63. The van der Waals surface area contributed by atoms with Crippen LogP contribution in [0.25, 0.3) is 31.8 Å². The Bertz CT molecular complexity index is 1210. The van der Waals surface area contributed by atoms with Gasteiger partial charge in [-0.3, -0.25) is 0 Å².